The maximum Gasteiger partial charge on any atom is 0.146 e. The molecule has 1 aromatic carbocycles. The fraction of sp³-hybridized carbons (Fsp3) is 0.267. The van der Waals surface area contributed by atoms with Gasteiger partial charge in [0, 0.05) is 6.20 Å². The van der Waals surface area contributed by atoms with Crippen molar-refractivity contribution in [2.75, 3.05) is 0 Å². The van der Waals surface area contributed by atoms with Crippen LogP contribution in [0.15, 0.2) is 30.5 Å². The number of hydrogen-bond donors (Lipinski definition) is 2. The maximum atomic E-state index is 13.9. The number of nitrogens with one attached hydrogen (secondary N) is 1. The second kappa shape index (κ2) is 5.47. The number of rotatable bonds is 3. The van der Waals surface area contributed by atoms with Gasteiger partial charge < -0.3 is 0 Å². The number of hydrogen-bond acceptors (Lipinski definition) is 3. The summed E-state index contributed by atoms with van der Waals surface area (Å²) < 4.78 is 13.9. The zero-order valence-corrected chi connectivity index (χ0v) is 11.4. The van der Waals surface area contributed by atoms with Crippen molar-refractivity contribution in [2.45, 2.75) is 26.8 Å². The van der Waals surface area contributed by atoms with Crippen LogP contribution in [-0.2, 0) is 0 Å². The molecule has 0 bridgehead atoms. The topological polar surface area (TPSA) is 50.9 Å². The first-order valence-electron chi connectivity index (χ1n) is 6.19. The van der Waals surface area contributed by atoms with Crippen molar-refractivity contribution < 1.29 is 4.39 Å². The lowest BCUT2D eigenvalue weighted by Gasteiger charge is -2.20. The molecule has 0 amide bonds. The molecule has 0 aliphatic heterocycles. The second-order valence-electron chi connectivity index (χ2n) is 4.76. The lowest BCUT2D eigenvalue weighted by atomic mass is 9.94. The molecule has 19 heavy (non-hydrogen) atoms. The zero-order chi connectivity index (χ0) is 14.0. The molecule has 1 atom stereocenters. The molecule has 2 aromatic rings. The quantitative estimate of drug-likeness (QED) is 0.658. The van der Waals surface area contributed by atoms with Crippen LogP contribution in [0.3, 0.4) is 0 Å². The molecule has 1 unspecified atom stereocenters. The number of halogens is 1. The number of hydrazine groups is 1. The highest BCUT2D eigenvalue weighted by Crippen LogP contribution is 2.26. The summed E-state index contributed by atoms with van der Waals surface area (Å²) in [6.45, 7) is 6.08. The lowest BCUT2D eigenvalue weighted by molar-refractivity contribution is 0.542. The first-order valence-corrected chi connectivity index (χ1v) is 6.19. The summed E-state index contributed by atoms with van der Waals surface area (Å²) in [7, 11) is 0. The molecule has 4 heteroatoms. The van der Waals surface area contributed by atoms with Gasteiger partial charge in [-0.1, -0.05) is 12.1 Å². The molecule has 1 heterocycles. The second-order valence-corrected chi connectivity index (χ2v) is 4.76. The highest BCUT2D eigenvalue weighted by Gasteiger charge is 2.20. The van der Waals surface area contributed by atoms with Crippen LogP contribution in [0.1, 0.15) is 34.0 Å². The molecule has 100 valence electrons. The third-order valence-electron chi connectivity index (χ3n) is 3.42. The third-order valence-corrected chi connectivity index (χ3v) is 3.42. The van der Waals surface area contributed by atoms with Crippen molar-refractivity contribution in [2.24, 2.45) is 5.84 Å². The highest BCUT2D eigenvalue weighted by molar-refractivity contribution is 5.41. The summed E-state index contributed by atoms with van der Waals surface area (Å²) in [6.07, 6.45) is 1.57. The lowest BCUT2D eigenvalue weighted by Crippen LogP contribution is -2.31. The van der Waals surface area contributed by atoms with E-state index in [1.807, 2.05) is 19.9 Å². The number of benzene rings is 1. The van der Waals surface area contributed by atoms with E-state index in [9.17, 15) is 4.39 Å². The van der Waals surface area contributed by atoms with Crippen molar-refractivity contribution >= 4 is 0 Å². The Morgan fingerprint density at radius 1 is 1.16 bits per heavy atom. The predicted molar refractivity (Wildman–Crippen MR) is 74.0 cm³/mol. The van der Waals surface area contributed by atoms with Crippen LogP contribution in [-0.4, -0.2) is 4.98 Å². The fourth-order valence-electron chi connectivity index (χ4n) is 2.22. The Labute approximate surface area is 112 Å². The monoisotopic (exact) mass is 259 g/mol. The molecule has 0 aliphatic rings. The average molecular weight is 259 g/mol. The van der Waals surface area contributed by atoms with Gasteiger partial charge in [0.05, 0.1) is 11.7 Å². The van der Waals surface area contributed by atoms with Crippen molar-refractivity contribution in [3.63, 3.8) is 0 Å². The van der Waals surface area contributed by atoms with Crippen LogP contribution in [0, 0.1) is 26.6 Å². The summed E-state index contributed by atoms with van der Waals surface area (Å²) in [5.41, 5.74) is 7.35. The van der Waals surface area contributed by atoms with Gasteiger partial charge in [0.25, 0.3) is 0 Å². The van der Waals surface area contributed by atoms with Gasteiger partial charge in [0.15, 0.2) is 0 Å². The van der Waals surface area contributed by atoms with Crippen molar-refractivity contribution in [1.29, 1.82) is 0 Å². The molecule has 2 rings (SSSR count). The molecule has 3 nitrogen and oxygen atoms in total. The van der Waals surface area contributed by atoms with Crippen LogP contribution in [0.5, 0.6) is 0 Å². The maximum absolute atomic E-state index is 13.9. The fourth-order valence-corrected chi connectivity index (χ4v) is 2.22. The van der Waals surface area contributed by atoms with E-state index < -0.39 is 6.04 Å². The minimum atomic E-state index is -0.444. The van der Waals surface area contributed by atoms with E-state index in [1.165, 1.54) is 11.6 Å². The summed E-state index contributed by atoms with van der Waals surface area (Å²) in [5, 5.41) is 0. The smallest absolute Gasteiger partial charge is 0.146 e. The SMILES string of the molecule is Cc1cc(C)c(C(NN)c2ncccc2F)cc1C. The first kappa shape index (κ1) is 13.6. The predicted octanol–water partition coefficient (Wildman–Crippen LogP) is 2.70. The Morgan fingerprint density at radius 2 is 1.84 bits per heavy atom. The van der Waals surface area contributed by atoms with Crippen molar-refractivity contribution in [1.82, 2.24) is 10.4 Å². The van der Waals surface area contributed by atoms with E-state index in [2.05, 4.69) is 23.4 Å². The number of nitrogens with two attached hydrogens (primary N) is 1. The van der Waals surface area contributed by atoms with Gasteiger partial charge in [-0.15, -0.1) is 0 Å². The van der Waals surface area contributed by atoms with Crippen molar-refractivity contribution in [3.05, 3.63) is 64.2 Å². The molecule has 0 aliphatic carbocycles. The van der Waals surface area contributed by atoms with Crippen LogP contribution in [0.4, 0.5) is 4.39 Å². The number of pyridine rings is 1. The molecule has 0 saturated carbocycles. The molecule has 0 spiro atoms. The largest absolute Gasteiger partial charge is 0.271 e. The number of aryl methyl sites for hydroxylation is 3. The van der Waals surface area contributed by atoms with Gasteiger partial charge in [-0.2, -0.15) is 0 Å². The third kappa shape index (κ3) is 2.64. The van der Waals surface area contributed by atoms with Crippen molar-refractivity contribution in [3.8, 4) is 0 Å². The number of aromatic nitrogens is 1. The normalized spacial score (nSPS) is 12.5. The van der Waals surface area contributed by atoms with Gasteiger partial charge in [-0.05, 0) is 55.2 Å². The molecular formula is C15H18FN3. The van der Waals surface area contributed by atoms with Crippen LogP contribution in [0.2, 0.25) is 0 Å². The van der Waals surface area contributed by atoms with E-state index in [4.69, 9.17) is 5.84 Å². The van der Waals surface area contributed by atoms with Gasteiger partial charge in [0.1, 0.15) is 5.82 Å². The Hall–Kier alpha value is -1.78. The van der Waals surface area contributed by atoms with Crippen LogP contribution in [0.25, 0.3) is 0 Å². The van der Waals surface area contributed by atoms with E-state index in [0.717, 1.165) is 16.7 Å². The van der Waals surface area contributed by atoms with E-state index in [-0.39, 0.29) is 5.82 Å². The van der Waals surface area contributed by atoms with E-state index in [1.54, 1.807) is 12.3 Å². The van der Waals surface area contributed by atoms with Crippen LogP contribution >= 0.6 is 0 Å². The van der Waals surface area contributed by atoms with E-state index in [0.29, 0.717) is 5.69 Å². The average Bonchev–Trinajstić information content (AvgIpc) is 2.38. The Bertz CT molecular complexity index is 596. The Kier molecular flexibility index (Phi) is 3.93. The number of nitrogens with zero attached hydrogens (tertiary/aromatic N) is 1. The molecule has 0 radical (unpaired) electrons. The summed E-state index contributed by atoms with van der Waals surface area (Å²) in [6, 6.07) is 6.63. The van der Waals surface area contributed by atoms with Gasteiger partial charge in [-0.3, -0.25) is 10.8 Å². The van der Waals surface area contributed by atoms with Gasteiger partial charge >= 0.3 is 0 Å². The van der Waals surface area contributed by atoms with Crippen LogP contribution < -0.4 is 11.3 Å². The molecule has 1 aromatic heterocycles. The summed E-state index contributed by atoms with van der Waals surface area (Å²) in [5.74, 6) is 5.25. The standard InChI is InChI=1S/C15H18FN3/c1-9-7-11(3)12(8-10(9)2)14(19-17)15-13(16)5-4-6-18-15/h4-8,14,19H,17H2,1-3H3. The molecule has 0 saturated heterocycles. The summed E-state index contributed by atoms with van der Waals surface area (Å²) >= 11 is 0. The minimum absolute atomic E-state index is 0.316. The Balaban J connectivity index is 2.55. The Morgan fingerprint density at radius 3 is 2.47 bits per heavy atom. The first-order chi connectivity index (χ1) is 9.04. The highest BCUT2D eigenvalue weighted by atomic mass is 19.1. The molecule has 0 fully saturated rings. The zero-order valence-electron chi connectivity index (χ0n) is 11.4. The van der Waals surface area contributed by atoms with Gasteiger partial charge in [-0.25, -0.2) is 9.82 Å². The van der Waals surface area contributed by atoms with Gasteiger partial charge in [0.2, 0.25) is 0 Å². The minimum Gasteiger partial charge on any atom is -0.271 e. The summed E-state index contributed by atoms with van der Waals surface area (Å²) in [4.78, 5) is 4.10. The molecular weight excluding hydrogens is 241 g/mol. The van der Waals surface area contributed by atoms with E-state index >= 15 is 0 Å². The molecule has 3 N–H and O–H groups in total.